The molecule has 0 heterocycles. The van der Waals surface area contributed by atoms with Crippen molar-refractivity contribution in [3.63, 3.8) is 0 Å². The van der Waals surface area contributed by atoms with Crippen molar-refractivity contribution in [1.82, 2.24) is 15.4 Å². The minimum atomic E-state index is -3.19. The van der Waals surface area contributed by atoms with Crippen molar-refractivity contribution in [3.05, 3.63) is 35.1 Å². The van der Waals surface area contributed by atoms with E-state index in [9.17, 15) is 12.8 Å². The van der Waals surface area contributed by atoms with E-state index < -0.39 is 10.0 Å². The lowest BCUT2D eigenvalue weighted by Gasteiger charge is -2.18. The van der Waals surface area contributed by atoms with Crippen LogP contribution in [0.2, 0.25) is 0 Å². The fourth-order valence-electron chi connectivity index (χ4n) is 1.85. The SMILES string of the molecule is CCS(=O)(=O)NCCNC(=NC)NC(C)c1ccc(C)c(F)c1. The van der Waals surface area contributed by atoms with E-state index in [2.05, 4.69) is 20.3 Å². The number of benzene rings is 1. The van der Waals surface area contributed by atoms with E-state index >= 15 is 0 Å². The third-order valence-corrected chi connectivity index (χ3v) is 4.80. The third-order valence-electron chi connectivity index (χ3n) is 3.39. The van der Waals surface area contributed by atoms with Crippen LogP contribution in [0.1, 0.15) is 31.0 Å². The summed E-state index contributed by atoms with van der Waals surface area (Å²) in [5.41, 5.74) is 1.41. The Morgan fingerprint density at radius 2 is 2.04 bits per heavy atom. The molecule has 0 radical (unpaired) electrons. The number of nitrogens with one attached hydrogen (secondary N) is 3. The molecule has 0 spiro atoms. The molecule has 0 bridgehead atoms. The minimum absolute atomic E-state index is 0.0516. The molecule has 0 saturated carbocycles. The van der Waals surface area contributed by atoms with Gasteiger partial charge in [-0.2, -0.15) is 0 Å². The van der Waals surface area contributed by atoms with Gasteiger partial charge < -0.3 is 10.6 Å². The van der Waals surface area contributed by atoms with Crippen LogP contribution in [0.25, 0.3) is 0 Å². The second-order valence-electron chi connectivity index (χ2n) is 5.17. The predicted octanol–water partition coefficient (Wildman–Crippen LogP) is 1.30. The topological polar surface area (TPSA) is 82.6 Å². The van der Waals surface area contributed by atoms with E-state index in [0.29, 0.717) is 18.1 Å². The molecular weight excluding hydrogens is 319 g/mol. The summed E-state index contributed by atoms with van der Waals surface area (Å²) in [5.74, 6) is 0.331. The van der Waals surface area contributed by atoms with Gasteiger partial charge in [0.05, 0.1) is 11.8 Å². The summed E-state index contributed by atoms with van der Waals surface area (Å²) in [5, 5.41) is 6.15. The molecule has 1 atom stereocenters. The second kappa shape index (κ2) is 8.83. The molecular formula is C15H25FN4O2S. The van der Waals surface area contributed by atoms with E-state index in [1.165, 1.54) is 6.07 Å². The summed E-state index contributed by atoms with van der Waals surface area (Å²) in [4.78, 5) is 4.07. The fraction of sp³-hybridized carbons (Fsp3) is 0.533. The van der Waals surface area contributed by atoms with Crippen molar-refractivity contribution in [2.75, 3.05) is 25.9 Å². The second-order valence-corrected chi connectivity index (χ2v) is 7.27. The highest BCUT2D eigenvalue weighted by atomic mass is 32.2. The van der Waals surface area contributed by atoms with Gasteiger partial charge in [-0.3, -0.25) is 4.99 Å². The number of sulfonamides is 1. The molecule has 0 aliphatic heterocycles. The molecule has 8 heteroatoms. The minimum Gasteiger partial charge on any atom is -0.355 e. The van der Waals surface area contributed by atoms with Crippen molar-refractivity contribution >= 4 is 16.0 Å². The molecule has 0 aliphatic rings. The average molecular weight is 344 g/mol. The van der Waals surface area contributed by atoms with Crippen LogP contribution in [-0.2, 0) is 10.0 Å². The highest BCUT2D eigenvalue weighted by molar-refractivity contribution is 7.89. The first-order valence-electron chi connectivity index (χ1n) is 7.49. The van der Waals surface area contributed by atoms with Crippen molar-refractivity contribution in [2.45, 2.75) is 26.8 Å². The number of aryl methyl sites for hydroxylation is 1. The molecule has 1 rings (SSSR count). The van der Waals surface area contributed by atoms with Crippen LogP contribution in [0, 0.1) is 12.7 Å². The zero-order valence-electron chi connectivity index (χ0n) is 14.0. The Hall–Kier alpha value is -1.67. The van der Waals surface area contributed by atoms with Crippen LogP contribution in [0.3, 0.4) is 0 Å². The van der Waals surface area contributed by atoms with Crippen molar-refractivity contribution < 1.29 is 12.8 Å². The number of hydrogen-bond donors (Lipinski definition) is 3. The Morgan fingerprint density at radius 1 is 1.35 bits per heavy atom. The van der Waals surface area contributed by atoms with Crippen molar-refractivity contribution in [2.24, 2.45) is 4.99 Å². The van der Waals surface area contributed by atoms with Crippen LogP contribution in [0.5, 0.6) is 0 Å². The van der Waals surface area contributed by atoms with Gasteiger partial charge in [0.2, 0.25) is 10.0 Å². The molecule has 0 aromatic heterocycles. The van der Waals surface area contributed by atoms with Crippen LogP contribution in [0.15, 0.2) is 23.2 Å². The number of aliphatic imine (C=N–C) groups is 1. The van der Waals surface area contributed by atoms with Gasteiger partial charge in [0, 0.05) is 20.1 Å². The maximum atomic E-state index is 13.6. The van der Waals surface area contributed by atoms with Crippen molar-refractivity contribution in [1.29, 1.82) is 0 Å². The first kappa shape index (κ1) is 19.4. The van der Waals surface area contributed by atoms with Crippen LogP contribution in [0.4, 0.5) is 4.39 Å². The number of hydrogen-bond acceptors (Lipinski definition) is 3. The Bertz CT molecular complexity index is 647. The highest BCUT2D eigenvalue weighted by Crippen LogP contribution is 2.16. The zero-order valence-corrected chi connectivity index (χ0v) is 14.8. The molecule has 3 N–H and O–H groups in total. The first-order valence-corrected chi connectivity index (χ1v) is 9.15. The maximum Gasteiger partial charge on any atom is 0.211 e. The molecule has 1 aromatic carbocycles. The lowest BCUT2D eigenvalue weighted by atomic mass is 10.1. The van der Waals surface area contributed by atoms with Crippen LogP contribution >= 0.6 is 0 Å². The summed E-state index contributed by atoms with van der Waals surface area (Å²) in [7, 11) is -1.57. The van der Waals surface area contributed by atoms with E-state index in [-0.39, 0.29) is 24.2 Å². The van der Waals surface area contributed by atoms with Gasteiger partial charge in [0.25, 0.3) is 0 Å². The normalized spacial score (nSPS) is 13.7. The van der Waals surface area contributed by atoms with Gasteiger partial charge in [-0.1, -0.05) is 12.1 Å². The van der Waals surface area contributed by atoms with Crippen molar-refractivity contribution in [3.8, 4) is 0 Å². The molecule has 0 fully saturated rings. The lowest BCUT2D eigenvalue weighted by molar-refractivity contribution is 0.581. The molecule has 23 heavy (non-hydrogen) atoms. The Kier molecular flexibility index (Phi) is 7.44. The number of halogens is 1. The Labute approximate surface area is 137 Å². The summed E-state index contributed by atoms with van der Waals surface area (Å²) >= 11 is 0. The number of nitrogens with zero attached hydrogens (tertiary/aromatic N) is 1. The number of rotatable bonds is 7. The summed E-state index contributed by atoms with van der Waals surface area (Å²) < 4.78 is 38.7. The molecule has 6 nitrogen and oxygen atoms in total. The number of guanidine groups is 1. The molecule has 0 saturated heterocycles. The van der Waals surface area contributed by atoms with Gasteiger partial charge >= 0.3 is 0 Å². The van der Waals surface area contributed by atoms with Crippen LogP contribution in [-0.4, -0.2) is 40.3 Å². The van der Waals surface area contributed by atoms with E-state index in [4.69, 9.17) is 0 Å². The Morgan fingerprint density at radius 3 is 2.61 bits per heavy atom. The van der Waals surface area contributed by atoms with E-state index in [1.54, 1.807) is 27.0 Å². The van der Waals surface area contributed by atoms with Gasteiger partial charge in [0.1, 0.15) is 5.82 Å². The maximum absolute atomic E-state index is 13.6. The van der Waals surface area contributed by atoms with E-state index in [0.717, 1.165) is 5.56 Å². The highest BCUT2D eigenvalue weighted by Gasteiger charge is 2.10. The molecule has 1 aromatic rings. The van der Waals surface area contributed by atoms with Gasteiger partial charge in [-0.15, -0.1) is 0 Å². The summed E-state index contributed by atoms with van der Waals surface area (Å²) in [6.07, 6.45) is 0. The molecule has 0 amide bonds. The monoisotopic (exact) mass is 344 g/mol. The van der Waals surface area contributed by atoms with Gasteiger partial charge in [0.15, 0.2) is 5.96 Å². The van der Waals surface area contributed by atoms with Crippen LogP contribution < -0.4 is 15.4 Å². The molecule has 1 unspecified atom stereocenters. The van der Waals surface area contributed by atoms with Gasteiger partial charge in [-0.25, -0.2) is 17.5 Å². The smallest absolute Gasteiger partial charge is 0.211 e. The fourth-order valence-corrected chi connectivity index (χ4v) is 2.47. The Balaban J connectivity index is 2.51. The first-order chi connectivity index (χ1) is 10.8. The quantitative estimate of drug-likeness (QED) is 0.396. The predicted molar refractivity (Wildman–Crippen MR) is 91.5 cm³/mol. The molecule has 0 aliphatic carbocycles. The largest absolute Gasteiger partial charge is 0.355 e. The lowest BCUT2D eigenvalue weighted by Crippen LogP contribution is -2.42. The standard InChI is InChI=1S/C15H25FN4O2S/c1-5-23(21,22)19-9-8-18-15(17-4)20-12(3)13-7-6-11(2)14(16)10-13/h6-7,10,12,19H,5,8-9H2,1-4H3,(H2,17,18,20). The molecule has 130 valence electrons. The van der Waals surface area contributed by atoms with E-state index in [1.807, 2.05) is 13.0 Å². The zero-order chi connectivity index (χ0) is 17.5. The van der Waals surface area contributed by atoms with Gasteiger partial charge in [-0.05, 0) is 38.0 Å². The summed E-state index contributed by atoms with van der Waals surface area (Å²) in [6.45, 7) is 5.86. The average Bonchev–Trinajstić information content (AvgIpc) is 2.52. The summed E-state index contributed by atoms with van der Waals surface area (Å²) in [6, 6.07) is 4.95. The third kappa shape index (κ3) is 6.54.